The van der Waals surface area contributed by atoms with Gasteiger partial charge < -0.3 is 4.57 Å². The van der Waals surface area contributed by atoms with E-state index < -0.39 is 0 Å². The van der Waals surface area contributed by atoms with Crippen LogP contribution in [0, 0.1) is 0 Å². The molecule has 0 aliphatic heterocycles. The molecule has 1 aromatic carbocycles. The van der Waals surface area contributed by atoms with Crippen LogP contribution in [0.15, 0.2) is 49.1 Å². The Kier molecular flexibility index (Phi) is 1.97. The highest BCUT2D eigenvalue weighted by Crippen LogP contribution is 2.22. The predicted octanol–water partition coefficient (Wildman–Crippen LogP) is 2.28. The first kappa shape index (κ1) is 10.3. The van der Waals surface area contributed by atoms with E-state index in [1.165, 1.54) is 0 Å². The van der Waals surface area contributed by atoms with Crippen LogP contribution >= 0.6 is 0 Å². The van der Waals surface area contributed by atoms with Crippen LogP contribution in [0.25, 0.3) is 27.9 Å². The van der Waals surface area contributed by atoms with Crippen molar-refractivity contribution >= 4 is 16.7 Å². The minimum atomic E-state index is 0.850. The minimum absolute atomic E-state index is 0.850. The molecule has 0 N–H and O–H groups in total. The Balaban J connectivity index is 1.94. The molecule has 0 fully saturated rings. The number of aromatic nitrogens is 5. The summed E-state index contributed by atoms with van der Waals surface area (Å²) in [5.74, 6) is 0. The van der Waals surface area contributed by atoms with Crippen molar-refractivity contribution in [1.82, 2.24) is 24.1 Å². The molecule has 0 radical (unpaired) electrons. The first-order valence-electron chi connectivity index (χ1n) is 6.03. The van der Waals surface area contributed by atoms with Crippen LogP contribution in [0.2, 0.25) is 0 Å². The Labute approximate surface area is 109 Å². The van der Waals surface area contributed by atoms with Crippen molar-refractivity contribution in [3.8, 4) is 11.3 Å². The molecule has 0 aliphatic rings. The summed E-state index contributed by atoms with van der Waals surface area (Å²) in [5.41, 5.74) is 4.97. The molecule has 19 heavy (non-hydrogen) atoms. The number of benzene rings is 1. The lowest BCUT2D eigenvalue weighted by atomic mass is 10.1. The Morgan fingerprint density at radius 2 is 2.05 bits per heavy atom. The van der Waals surface area contributed by atoms with Gasteiger partial charge in [-0.15, -0.1) is 0 Å². The van der Waals surface area contributed by atoms with Gasteiger partial charge in [-0.25, -0.2) is 14.5 Å². The van der Waals surface area contributed by atoms with Gasteiger partial charge in [0.2, 0.25) is 0 Å². The fraction of sp³-hybridized carbons (Fsp3) is 0.0714. The van der Waals surface area contributed by atoms with Crippen molar-refractivity contribution in [2.45, 2.75) is 0 Å². The topological polar surface area (TPSA) is 48.0 Å². The molecule has 0 unspecified atom stereocenters. The van der Waals surface area contributed by atoms with E-state index in [0.29, 0.717) is 0 Å². The maximum atomic E-state index is 4.60. The molecule has 0 aliphatic carbocycles. The highest BCUT2D eigenvalue weighted by atomic mass is 15.2. The van der Waals surface area contributed by atoms with Crippen LogP contribution in [0.1, 0.15) is 0 Å². The molecule has 0 saturated carbocycles. The number of nitrogens with zero attached hydrogens (tertiary/aromatic N) is 5. The zero-order chi connectivity index (χ0) is 12.8. The molecule has 4 aromatic rings. The van der Waals surface area contributed by atoms with Crippen LogP contribution < -0.4 is 0 Å². The standard InChI is InChI=1S/C14H11N5/c1-18-9-15-12-3-2-10(8-13(12)18)11-5-7-19-14(17-11)4-6-16-19/h2-9H,1H3. The van der Waals surface area contributed by atoms with Gasteiger partial charge in [0.25, 0.3) is 0 Å². The monoisotopic (exact) mass is 249 g/mol. The van der Waals surface area contributed by atoms with Gasteiger partial charge in [0.1, 0.15) is 0 Å². The fourth-order valence-electron chi connectivity index (χ4n) is 2.26. The second-order valence-corrected chi connectivity index (χ2v) is 4.51. The second-order valence-electron chi connectivity index (χ2n) is 4.51. The molecule has 0 bridgehead atoms. The summed E-state index contributed by atoms with van der Waals surface area (Å²) in [7, 11) is 1.99. The van der Waals surface area contributed by atoms with E-state index in [-0.39, 0.29) is 0 Å². The van der Waals surface area contributed by atoms with Gasteiger partial charge >= 0.3 is 0 Å². The van der Waals surface area contributed by atoms with E-state index in [0.717, 1.165) is 27.9 Å². The smallest absolute Gasteiger partial charge is 0.155 e. The molecule has 5 nitrogen and oxygen atoms in total. The van der Waals surface area contributed by atoms with Gasteiger partial charge in [0, 0.05) is 24.9 Å². The molecule has 92 valence electrons. The van der Waals surface area contributed by atoms with Gasteiger partial charge in [0.15, 0.2) is 5.65 Å². The highest BCUT2D eigenvalue weighted by molar-refractivity contribution is 5.81. The maximum absolute atomic E-state index is 4.60. The van der Waals surface area contributed by atoms with E-state index >= 15 is 0 Å². The third kappa shape index (κ3) is 1.52. The van der Waals surface area contributed by atoms with Gasteiger partial charge in [0.05, 0.1) is 29.3 Å². The van der Waals surface area contributed by atoms with Crippen molar-refractivity contribution in [3.63, 3.8) is 0 Å². The summed E-state index contributed by atoms with van der Waals surface area (Å²) in [6.07, 6.45) is 5.49. The van der Waals surface area contributed by atoms with Crippen molar-refractivity contribution in [2.24, 2.45) is 7.05 Å². The molecule has 5 heteroatoms. The van der Waals surface area contributed by atoms with Crippen LogP contribution in [-0.4, -0.2) is 24.1 Å². The zero-order valence-corrected chi connectivity index (χ0v) is 10.4. The summed E-state index contributed by atoms with van der Waals surface area (Å²) in [4.78, 5) is 8.92. The largest absolute Gasteiger partial charge is 0.334 e. The van der Waals surface area contributed by atoms with E-state index in [2.05, 4.69) is 21.1 Å². The molecular weight excluding hydrogens is 238 g/mol. The fourth-order valence-corrected chi connectivity index (χ4v) is 2.26. The first-order valence-corrected chi connectivity index (χ1v) is 6.03. The molecule has 0 spiro atoms. The van der Waals surface area contributed by atoms with Gasteiger partial charge in [-0.3, -0.25) is 0 Å². The van der Waals surface area contributed by atoms with E-state index in [1.54, 1.807) is 10.7 Å². The number of hydrogen-bond donors (Lipinski definition) is 0. The summed E-state index contributed by atoms with van der Waals surface area (Å²) in [6.45, 7) is 0. The molecule has 0 atom stereocenters. The predicted molar refractivity (Wildman–Crippen MR) is 72.7 cm³/mol. The van der Waals surface area contributed by atoms with Gasteiger partial charge in [-0.2, -0.15) is 5.10 Å². The summed E-state index contributed by atoms with van der Waals surface area (Å²) >= 11 is 0. The number of aryl methyl sites for hydroxylation is 1. The average Bonchev–Trinajstić information content (AvgIpc) is 3.05. The van der Waals surface area contributed by atoms with Crippen LogP contribution in [0.5, 0.6) is 0 Å². The normalized spacial score (nSPS) is 11.4. The van der Waals surface area contributed by atoms with E-state index in [1.807, 2.05) is 48.4 Å². The average molecular weight is 249 g/mol. The Morgan fingerprint density at radius 1 is 1.11 bits per heavy atom. The molecule has 3 aromatic heterocycles. The van der Waals surface area contributed by atoms with Crippen molar-refractivity contribution in [3.05, 3.63) is 49.1 Å². The van der Waals surface area contributed by atoms with E-state index in [9.17, 15) is 0 Å². The first-order chi connectivity index (χ1) is 9.31. The van der Waals surface area contributed by atoms with Crippen LogP contribution in [0.3, 0.4) is 0 Å². The quantitative estimate of drug-likeness (QED) is 0.520. The third-order valence-electron chi connectivity index (χ3n) is 3.28. The number of imidazole rings is 1. The molecule has 0 saturated heterocycles. The van der Waals surface area contributed by atoms with E-state index in [4.69, 9.17) is 0 Å². The van der Waals surface area contributed by atoms with Gasteiger partial charge in [-0.1, -0.05) is 6.07 Å². The highest BCUT2D eigenvalue weighted by Gasteiger charge is 2.05. The Bertz CT molecular complexity index is 887. The third-order valence-corrected chi connectivity index (χ3v) is 3.28. The molecule has 0 amide bonds. The van der Waals surface area contributed by atoms with Crippen molar-refractivity contribution in [2.75, 3.05) is 0 Å². The van der Waals surface area contributed by atoms with Crippen molar-refractivity contribution in [1.29, 1.82) is 0 Å². The molecular formula is C14H11N5. The van der Waals surface area contributed by atoms with Crippen LogP contribution in [-0.2, 0) is 7.05 Å². The second kappa shape index (κ2) is 3.65. The minimum Gasteiger partial charge on any atom is -0.334 e. The number of hydrogen-bond acceptors (Lipinski definition) is 3. The summed E-state index contributed by atoms with van der Waals surface area (Å²) < 4.78 is 3.77. The Morgan fingerprint density at radius 3 is 3.00 bits per heavy atom. The zero-order valence-electron chi connectivity index (χ0n) is 10.4. The number of fused-ring (bicyclic) bond motifs is 2. The Hall–Kier alpha value is -2.69. The van der Waals surface area contributed by atoms with Crippen LogP contribution in [0.4, 0.5) is 0 Å². The van der Waals surface area contributed by atoms with Crippen molar-refractivity contribution < 1.29 is 0 Å². The SMILES string of the molecule is Cn1cnc2ccc(-c3ccn4nccc4n3)cc21. The van der Waals surface area contributed by atoms with Gasteiger partial charge in [-0.05, 0) is 18.2 Å². The lowest BCUT2D eigenvalue weighted by Gasteiger charge is -2.02. The molecule has 3 heterocycles. The summed E-state index contributed by atoms with van der Waals surface area (Å²) in [5, 5.41) is 4.15. The molecule has 4 rings (SSSR count). The summed E-state index contributed by atoms with van der Waals surface area (Å²) in [6, 6.07) is 10.0. The maximum Gasteiger partial charge on any atom is 0.155 e. The number of rotatable bonds is 1. The lowest BCUT2D eigenvalue weighted by molar-refractivity contribution is 0.940. The lowest BCUT2D eigenvalue weighted by Crippen LogP contribution is -1.92.